The highest BCUT2D eigenvalue weighted by Crippen LogP contribution is 2.26. The van der Waals surface area contributed by atoms with Crippen LogP contribution in [-0.2, 0) is 0 Å². The molecule has 0 aliphatic carbocycles. The second-order valence-corrected chi connectivity index (χ2v) is 5.28. The van der Waals surface area contributed by atoms with Gasteiger partial charge in [0.25, 0.3) is 0 Å². The van der Waals surface area contributed by atoms with E-state index in [9.17, 15) is 13.2 Å². The average Bonchev–Trinajstić information content (AvgIpc) is 2.28. The monoisotopic (exact) mass is 277 g/mol. The van der Waals surface area contributed by atoms with Crippen molar-refractivity contribution in [3.8, 4) is 5.75 Å². The van der Waals surface area contributed by atoms with Gasteiger partial charge in [0.2, 0.25) is 0 Å². The second-order valence-electron chi connectivity index (χ2n) is 4.13. The number of benzene rings is 1. The normalized spacial score (nSPS) is 20.5. The predicted octanol–water partition coefficient (Wildman–Crippen LogP) is 3.89. The highest BCUT2D eigenvalue weighted by atomic mass is 32.2. The average molecular weight is 277 g/mol. The summed E-state index contributed by atoms with van der Waals surface area (Å²) in [6.07, 6.45) is -2.45. The summed E-state index contributed by atoms with van der Waals surface area (Å²) < 4.78 is 40.1. The van der Waals surface area contributed by atoms with Crippen LogP contribution < -0.4 is 10.1 Å². The van der Waals surface area contributed by atoms with Crippen molar-refractivity contribution in [2.45, 2.75) is 25.2 Å². The molecule has 2 rings (SSSR count). The van der Waals surface area contributed by atoms with E-state index in [2.05, 4.69) is 10.1 Å². The Bertz CT molecular complexity index is 391. The van der Waals surface area contributed by atoms with Crippen LogP contribution in [0.1, 0.15) is 12.8 Å². The number of rotatable bonds is 3. The molecular weight excluding hydrogens is 263 g/mol. The summed E-state index contributed by atoms with van der Waals surface area (Å²) in [6.45, 7) is 0. The van der Waals surface area contributed by atoms with Gasteiger partial charge < -0.3 is 10.1 Å². The number of nitrogens with one attached hydrogen (secondary N) is 1. The smallest absolute Gasteiger partial charge is 0.406 e. The fraction of sp³-hybridized carbons (Fsp3) is 0.500. The Morgan fingerprint density at radius 3 is 2.83 bits per heavy atom. The van der Waals surface area contributed by atoms with Crippen LogP contribution in [0, 0.1) is 0 Å². The Hall–Kier alpha value is -1.04. The second kappa shape index (κ2) is 5.73. The van der Waals surface area contributed by atoms with Gasteiger partial charge in [0, 0.05) is 23.5 Å². The Labute approximate surface area is 108 Å². The van der Waals surface area contributed by atoms with Crippen molar-refractivity contribution >= 4 is 17.4 Å². The Morgan fingerprint density at radius 2 is 2.17 bits per heavy atom. The first-order chi connectivity index (χ1) is 8.53. The van der Waals surface area contributed by atoms with Crippen molar-refractivity contribution in [1.82, 2.24) is 0 Å². The molecule has 1 fully saturated rings. The first-order valence-corrected chi connectivity index (χ1v) is 6.88. The van der Waals surface area contributed by atoms with E-state index in [0.717, 1.165) is 24.3 Å². The van der Waals surface area contributed by atoms with E-state index in [1.54, 1.807) is 12.1 Å². The SMILES string of the molecule is FC(F)(F)Oc1cccc(NC2CCCSC2)c1. The topological polar surface area (TPSA) is 21.3 Å². The summed E-state index contributed by atoms with van der Waals surface area (Å²) in [7, 11) is 0. The van der Waals surface area contributed by atoms with Crippen molar-refractivity contribution in [3.63, 3.8) is 0 Å². The zero-order chi connectivity index (χ0) is 13.0. The maximum Gasteiger partial charge on any atom is 0.573 e. The standard InChI is InChI=1S/C12H14F3NOS/c13-12(14,15)17-11-5-1-3-9(7-11)16-10-4-2-6-18-8-10/h1,3,5,7,10,16H,2,4,6,8H2. The summed E-state index contributed by atoms with van der Waals surface area (Å²) in [5, 5.41) is 3.24. The van der Waals surface area contributed by atoms with Crippen LogP contribution in [0.2, 0.25) is 0 Å². The minimum Gasteiger partial charge on any atom is -0.406 e. The molecule has 6 heteroatoms. The van der Waals surface area contributed by atoms with Crippen molar-refractivity contribution in [1.29, 1.82) is 0 Å². The third-order valence-corrected chi connectivity index (χ3v) is 3.81. The van der Waals surface area contributed by atoms with Gasteiger partial charge in [0.05, 0.1) is 0 Å². The summed E-state index contributed by atoms with van der Waals surface area (Å²) in [5.41, 5.74) is 0.671. The predicted molar refractivity (Wildman–Crippen MR) is 67.1 cm³/mol. The third-order valence-electron chi connectivity index (χ3n) is 2.60. The van der Waals surface area contributed by atoms with Gasteiger partial charge >= 0.3 is 6.36 Å². The van der Waals surface area contributed by atoms with Crippen molar-refractivity contribution in [3.05, 3.63) is 24.3 Å². The van der Waals surface area contributed by atoms with Crippen LogP contribution >= 0.6 is 11.8 Å². The van der Waals surface area contributed by atoms with E-state index >= 15 is 0 Å². The van der Waals surface area contributed by atoms with E-state index in [1.807, 2.05) is 11.8 Å². The first kappa shape index (κ1) is 13.4. The lowest BCUT2D eigenvalue weighted by Gasteiger charge is -2.23. The quantitative estimate of drug-likeness (QED) is 0.905. The fourth-order valence-corrected chi connectivity index (χ4v) is 2.95. The molecule has 1 unspecified atom stereocenters. The molecule has 0 saturated carbocycles. The first-order valence-electron chi connectivity index (χ1n) is 5.73. The van der Waals surface area contributed by atoms with E-state index in [0.29, 0.717) is 11.7 Å². The Kier molecular flexibility index (Phi) is 4.27. The van der Waals surface area contributed by atoms with Gasteiger partial charge in [-0.25, -0.2) is 0 Å². The van der Waals surface area contributed by atoms with Crippen LogP contribution in [0.3, 0.4) is 0 Å². The van der Waals surface area contributed by atoms with Crippen molar-refractivity contribution in [2.24, 2.45) is 0 Å². The molecule has 0 bridgehead atoms. The molecule has 1 aliphatic heterocycles. The van der Waals surface area contributed by atoms with Crippen molar-refractivity contribution in [2.75, 3.05) is 16.8 Å². The largest absolute Gasteiger partial charge is 0.573 e. The van der Waals surface area contributed by atoms with Gasteiger partial charge in [0.1, 0.15) is 5.75 Å². The summed E-state index contributed by atoms with van der Waals surface area (Å²) in [5.74, 6) is 1.97. The van der Waals surface area contributed by atoms with Gasteiger partial charge in [-0.05, 0) is 30.7 Å². The van der Waals surface area contributed by atoms with Gasteiger partial charge in [-0.3, -0.25) is 0 Å². The van der Waals surface area contributed by atoms with Crippen LogP contribution in [0.15, 0.2) is 24.3 Å². The van der Waals surface area contributed by atoms with Crippen LogP contribution in [-0.4, -0.2) is 23.9 Å². The molecule has 1 heterocycles. The molecule has 100 valence electrons. The third kappa shape index (κ3) is 4.33. The molecular formula is C12H14F3NOS. The molecule has 0 amide bonds. The molecule has 0 aromatic heterocycles. The lowest BCUT2D eigenvalue weighted by atomic mass is 10.1. The highest BCUT2D eigenvalue weighted by Gasteiger charge is 2.31. The lowest BCUT2D eigenvalue weighted by molar-refractivity contribution is -0.274. The maximum absolute atomic E-state index is 12.1. The number of ether oxygens (including phenoxy) is 1. The van der Waals surface area contributed by atoms with Crippen LogP contribution in [0.4, 0.5) is 18.9 Å². The number of anilines is 1. The molecule has 1 aromatic rings. The van der Waals surface area contributed by atoms with E-state index in [-0.39, 0.29) is 5.75 Å². The molecule has 2 nitrogen and oxygen atoms in total. The number of halogens is 3. The van der Waals surface area contributed by atoms with Gasteiger partial charge in [-0.2, -0.15) is 11.8 Å². The van der Waals surface area contributed by atoms with Gasteiger partial charge in [-0.15, -0.1) is 13.2 Å². The summed E-state index contributed by atoms with van der Waals surface area (Å²) in [4.78, 5) is 0. The lowest BCUT2D eigenvalue weighted by Crippen LogP contribution is -2.25. The number of thioether (sulfide) groups is 1. The molecule has 1 N–H and O–H groups in total. The van der Waals surface area contributed by atoms with E-state index in [1.165, 1.54) is 12.1 Å². The number of hydrogen-bond donors (Lipinski definition) is 1. The molecule has 0 spiro atoms. The summed E-state index contributed by atoms with van der Waals surface area (Å²) >= 11 is 1.86. The van der Waals surface area contributed by atoms with Crippen molar-refractivity contribution < 1.29 is 17.9 Å². The Morgan fingerprint density at radius 1 is 1.33 bits per heavy atom. The van der Waals surface area contributed by atoms with E-state index < -0.39 is 6.36 Å². The zero-order valence-electron chi connectivity index (χ0n) is 9.67. The van der Waals surface area contributed by atoms with Gasteiger partial charge in [0.15, 0.2) is 0 Å². The number of alkyl halides is 3. The minimum atomic E-state index is -4.64. The van der Waals surface area contributed by atoms with Crippen LogP contribution in [0.5, 0.6) is 5.75 Å². The molecule has 18 heavy (non-hydrogen) atoms. The van der Waals surface area contributed by atoms with Crippen LogP contribution in [0.25, 0.3) is 0 Å². The van der Waals surface area contributed by atoms with E-state index in [4.69, 9.17) is 0 Å². The zero-order valence-corrected chi connectivity index (χ0v) is 10.5. The molecule has 1 aromatic carbocycles. The molecule has 1 saturated heterocycles. The number of hydrogen-bond acceptors (Lipinski definition) is 3. The molecule has 1 aliphatic rings. The molecule has 1 atom stereocenters. The maximum atomic E-state index is 12.1. The van der Waals surface area contributed by atoms with Gasteiger partial charge in [-0.1, -0.05) is 6.07 Å². The fourth-order valence-electron chi connectivity index (χ4n) is 1.87. The summed E-state index contributed by atoms with van der Waals surface area (Å²) in [6, 6.07) is 6.31. The Balaban J connectivity index is 1.98. The highest BCUT2D eigenvalue weighted by molar-refractivity contribution is 7.99. The molecule has 0 radical (unpaired) electrons. The minimum absolute atomic E-state index is 0.184.